The third-order valence-corrected chi connectivity index (χ3v) is 1.82. The van der Waals surface area contributed by atoms with Gasteiger partial charge in [0, 0.05) is 19.3 Å². The molecule has 1 heterocycles. The van der Waals surface area contributed by atoms with Gasteiger partial charge in [-0.25, -0.2) is 9.97 Å². The van der Waals surface area contributed by atoms with Gasteiger partial charge in [0.15, 0.2) is 0 Å². The van der Waals surface area contributed by atoms with Crippen LogP contribution in [0, 0.1) is 0 Å². The molecule has 0 aromatic carbocycles. The minimum absolute atomic E-state index is 0.779. The molecule has 0 amide bonds. The summed E-state index contributed by atoms with van der Waals surface area (Å²) in [5, 5.41) is 3.26. The Balaban J connectivity index is 2.24. The Morgan fingerprint density at radius 3 is 3.08 bits per heavy atom. The number of aromatic nitrogens is 2. The molecule has 0 aliphatic heterocycles. The molecule has 0 bridgehead atoms. The maximum atomic E-state index is 4.10. The van der Waals surface area contributed by atoms with Gasteiger partial charge in [-0.05, 0) is 12.5 Å². The fourth-order valence-electron chi connectivity index (χ4n) is 0.915. The van der Waals surface area contributed by atoms with Crippen LogP contribution in [0.1, 0.15) is 19.0 Å². The Morgan fingerprint density at radius 2 is 2.46 bits per heavy atom. The molecule has 0 saturated heterocycles. The molecule has 1 N–H and O–H groups in total. The van der Waals surface area contributed by atoms with Crippen molar-refractivity contribution in [2.45, 2.75) is 19.9 Å². The van der Waals surface area contributed by atoms with Gasteiger partial charge in [0.2, 0.25) is 0 Å². The summed E-state index contributed by atoms with van der Waals surface area (Å²) in [6.07, 6.45) is 4.33. The van der Waals surface area contributed by atoms with Crippen LogP contribution in [-0.2, 0) is 6.54 Å². The fraction of sp³-hybridized carbons (Fsp3) is 0.400. The molecule has 1 aromatic rings. The second-order valence-corrected chi connectivity index (χ2v) is 2.91. The summed E-state index contributed by atoms with van der Waals surface area (Å²) >= 11 is 0. The van der Waals surface area contributed by atoms with Gasteiger partial charge < -0.3 is 5.32 Å². The Labute approximate surface area is 78.9 Å². The standard InChI is InChI=1S/C10H15N3/c1-3-9(2)6-12-7-10-4-5-11-8-13-10/h4-5,8,12H,2-3,6-7H2,1H3. The SMILES string of the molecule is C=C(CC)CNCc1ccncn1. The Hall–Kier alpha value is -1.22. The molecule has 0 aliphatic carbocycles. The second kappa shape index (κ2) is 5.43. The van der Waals surface area contributed by atoms with Crippen LogP contribution in [0.4, 0.5) is 0 Å². The molecular formula is C10H15N3. The van der Waals surface area contributed by atoms with E-state index in [1.165, 1.54) is 5.57 Å². The highest BCUT2D eigenvalue weighted by atomic mass is 14.9. The van der Waals surface area contributed by atoms with Gasteiger partial charge in [0.05, 0.1) is 5.69 Å². The molecule has 1 rings (SSSR count). The Kier molecular flexibility index (Phi) is 4.12. The topological polar surface area (TPSA) is 37.8 Å². The quantitative estimate of drug-likeness (QED) is 0.693. The van der Waals surface area contributed by atoms with E-state index in [1.54, 1.807) is 12.5 Å². The summed E-state index contributed by atoms with van der Waals surface area (Å²) < 4.78 is 0. The molecule has 0 fully saturated rings. The molecule has 3 nitrogen and oxygen atoms in total. The molecule has 0 aliphatic rings. The molecule has 1 aromatic heterocycles. The predicted octanol–water partition coefficient (Wildman–Crippen LogP) is 1.53. The summed E-state index contributed by atoms with van der Waals surface area (Å²) in [5.74, 6) is 0. The molecule has 3 heteroatoms. The first-order valence-corrected chi connectivity index (χ1v) is 4.45. The van der Waals surface area contributed by atoms with Gasteiger partial charge in [-0.15, -0.1) is 0 Å². The highest BCUT2D eigenvalue weighted by molar-refractivity contribution is 4.99. The van der Waals surface area contributed by atoms with Crippen LogP contribution < -0.4 is 5.32 Å². The first-order chi connectivity index (χ1) is 6.33. The summed E-state index contributed by atoms with van der Waals surface area (Å²) in [6, 6.07) is 1.90. The number of hydrogen-bond donors (Lipinski definition) is 1. The van der Waals surface area contributed by atoms with E-state index in [4.69, 9.17) is 0 Å². The number of nitrogens with one attached hydrogen (secondary N) is 1. The minimum Gasteiger partial charge on any atom is -0.307 e. The van der Waals surface area contributed by atoms with E-state index in [2.05, 4.69) is 28.8 Å². The Morgan fingerprint density at radius 1 is 1.62 bits per heavy atom. The van der Waals surface area contributed by atoms with Crippen molar-refractivity contribution in [1.82, 2.24) is 15.3 Å². The number of hydrogen-bond acceptors (Lipinski definition) is 3. The van der Waals surface area contributed by atoms with Crippen molar-refractivity contribution in [3.05, 3.63) is 36.4 Å². The summed E-state index contributed by atoms with van der Waals surface area (Å²) in [4.78, 5) is 7.95. The van der Waals surface area contributed by atoms with Crippen LogP contribution in [0.25, 0.3) is 0 Å². The van der Waals surface area contributed by atoms with Crippen LogP contribution in [0.3, 0.4) is 0 Å². The van der Waals surface area contributed by atoms with Crippen molar-refractivity contribution in [2.75, 3.05) is 6.54 Å². The summed E-state index contributed by atoms with van der Waals surface area (Å²) in [5.41, 5.74) is 2.23. The van der Waals surface area contributed by atoms with E-state index >= 15 is 0 Å². The smallest absolute Gasteiger partial charge is 0.115 e. The average Bonchev–Trinajstić information content (AvgIpc) is 2.19. The van der Waals surface area contributed by atoms with E-state index in [1.807, 2.05) is 6.07 Å². The average molecular weight is 177 g/mol. The van der Waals surface area contributed by atoms with Crippen molar-refractivity contribution in [1.29, 1.82) is 0 Å². The molecule has 0 spiro atoms. The van der Waals surface area contributed by atoms with Crippen LogP contribution in [0.5, 0.6) is 0 Å². The van der Waals surface area contributed by atoms with Gasteiger partial charge in [-0.3, -0.25) is 0 Å². The molecule has 0 atom stereocenters. The number of nitrogens with zero attached hydrogens (tertiary/aromatic N) is 2. The Bertz CT molecular complexity index is 256. The molecule has 0 saturated carbocycles. The molecule has 0 radical (unpaired) electrons. The summed E-state index contributed by atoms with van der Waals surface area (Å²) in [6.45, 7) is 7.66. The van der Waals surface area contributed by atoms with E-state index in [0.717, 1.165) is 25.2 Å². The third kappa shape index (κ3) is 3.80. The number of rotatable bonds is 5. The zero-order chi connectivity index (χ0) is 9.52. The van der Waals surface area contributed by atoms with Gasteiger partial charge in [-0.1, -0.05) is 19.1 Å². The fourth-order valence-corrected chi connectivity index (χ4v) is 0.915. The lowest BCUT2D eigenvalue weighted by molar-refractivity contribution is 0.709. The van der Waals surface area contributed by atoms with E-state index in [0.29, 0.717) is 0 Å². The van der Waals surface area contributed by atoms with Crippen molar-refractivity contribution in [3.8, 4) is 0 Å². The van der Waals surface area contributed by atoms with Gasteiger partial charge >= 0.3 is 0 Å². The van der Waals surface area contributed by atoms with Crippen molar-refractivity contribution in [2.24, 2.45) is 0 Å². The first-order valence-electron chi connectivity index (χ1n) is 4.45. The van der Waals surface area contributed by atoms with E-state index in [-0.39, 0.29) is 0 Å². The van der Waals surface area contributed by atoms with Crippen molar-refractivity contribution < 1.29 is 0 Å². The van der Waals surface area contributed by atoms with Crippen molar-refractivity contribution in [3.63, 3.8) is 0 Å². The minimum atomic E-state index is 0.779. The lowest BCUT2D eigenvalue weighted by Crippen LogP contribution is -2.16. The highest BCUT2D eigenvalue weighted by Crippen LogP contribution is 1.94. The molecule has 13 heavy (non-hydrogen) atoms. The molecule has 0 unspecified atom stereocenters. The largest absolute Gasteiger partial charge is 0.307 e. The normalized spacial score (nSPS) is 9.92. The summed E-state index contributed by atoms with van der Waals surface area (Å²) in [7, 11) is 0. The van der Waals surface area contributed by atoms with Crippen LogP contribution in [0.2, 0.25) is 0 Å². The second-order valence-electron chi connectivity index (χ2n) is 2.91. The van der Waals surface area contributed by atoms with E-state index < -0.39 is 0 Å². The van der Waals surface area contributed by atoms with Crippen LogP contribution >= 0.6 is 0 Å². The lowest BCUT2D eigenvalue weighted by Gasteiger charge is -2.04. The zero-order valence-corrected chi connectivity index (χ0v) is 7.95. The lowest BCUT2D eigenvalue weighted by atomic mass is 10.2. The van der Waals surface area contributed by atoms with E-state index in [9.17, 15) is 0 Å². The van der Waals surface area contributed by atoms with Gasteiger partial charge in [0.25, 0.3) is 0 Å². The zero-order valence-electron chi connectivity index (χ0n) is 7.95. The predicted molar refractivity (Wildman–Crippen MR) is 53.2 cm³/mol. The third-order valence-electron chi connectivity index (χ3n) is 1.82. The van der Waals surface area contributed by atoms with Crippen LogP contribution in [-0.4, -0.2) is 16.5 Å². The van der Waals surface area contributed by atoms with Gasteiger partial charge in [-0.2, -0.15) is 0 Å². The van der Waals surface area contributed by atoms with Crippen LogP contribution in [0.15, 0.2) is 30.7 Å². The van der Waals surface area contributed by atoms with Crippen molar-refractivity contribution >= 4 is 0 Å². The maximum absolute atomic E-state index is 4.10. The highest BCUT2D eigenvalue weighted by Gasteiger charge is 1.93. The maximum Gasteiger partial charge on any atom is 0.115 e. The first kappa shape index (κ1) is 9.86. The molecular weight excluding hydrogens is 162 g/mol. The monoisotopic (exact) mass is 177 g/mol. The molecule has 70 valence electrons. The van der Waals surface area contributed by atoms with Gasteiger partial charge in [0.1, 0.15) is 6.33 Å².